The number of nitrogens with zero attached hydrogens (tertiary/aromatic N) is 2. The Bertz CT molecular complexity index is 1230. The standard InChI is InChI=1S/C21H15ClF2N4O2S/c22-15-5-12(11-3-13(23)7-14(24)4-11)6-16-20(15)27-19(31-16)8-17(29)26-9-18(30)28-21(10-25)1-2-21/h3-7H,1-2,8-9H2,(H,26,29)(H,28,30). The minimum Gasteiger partial charge on any atom is -0.347 e. The summed E-state index contributed by atoms with van der Waals surface area (Å²) in [7, 11) is 0. The SMILES string of the molecule is N#CC1(NC(=O)CNC(=O)Cc2nc3c(Cl)cc(-c4cc(F)cc(F)c4)cc3s2)CC1. The smallest absolute Gasteiger partial charge is 0.240 e. The van der Waals surface area contributed by atoms with Crippen molar-refractivity contribution in [2.75, 3.05) is 6.54 Å². The minimum atomic E-state index is -0.784. The molecule has 1 aliphatic rings. The molecule has 1 heterocycles. The number of carbonyl (C=O) groups excluding carboxylic acids is 2. The molecule has 10 heteroatoms. The molecule has 6 nitrogen and oxygen atoms in total. The van der Waals surface area contributed by atoms with E-state index in [0.717, 1.165) is 6.07 Å². The number of rotatable bonds is 6. The molecule has 0 saturated heterocycles. The lowest BCUT2D eigenvalue weighted by molar-refractivity contribution is -0.126. The highest BCUT2D eigenvalue weighted by molar-refractivity contribution is 7.18. The van der Waals surface area contributed by atoms with Crippen molar-refractivity contribution >= 4 is 45.0 Å². The van der Waals surface area contributed by atoms with Gasteiger partial charge in [0.1, 0.15) is 27.7 Å². The summed E-state index contributed by atoms with van der Waals surface area (Å²) in [6.45, 7) is -0.233. The van der Waals surface area contributed by atoms with Crippen molar-refractivity contribution in [2.24, 2.45) is 0 Å². The third-order valence-electron chi connectivity index (χ3n) is 4.79. The van der Waals surface area contributed by atoms with E-state index in [9.17, 15) is 18.4 Å². The molecule has 0 bridgehead atoms. The van der Waals surface area contributed by atoms with Gasteiger partial charge in [-0.05, 0) is 48.2 Å². The number of halogens is 3. The highest BCUT2D eigenvalue weighted by atomic mass is 35.5. The number of thiazole rings is 1. The van der Waals surface area contributed by atoms with Crippen LogP contribution in [-0.4, -0.2) is 28.9 Å². The van der Waals surface area contributed by atoms with Gasteiger partial charge in [0.25, 0.3) is 0 Å². The molecule has 1 fully saturated rings. The fraction of sp³-hybridized carbons (Fsp3) is 0.238. The van der Waals surface area contributed by atoms with E-state index in [-0.39, 0.29) is 13.0 Å². The van der Waals surface area contributed by atoms with Crippen molar-refractivity contribution in [1.82, 2.24) is 15.6 Å². The summed E-state index contributed by atoms with van der Waals surface area (Å²) in [6.07, 6.45) is 1.16. The maximum Gasteiger partial charge on any atom is 0.240 e. The second-order valence-electron chi connectivity index (χ2n) is 7.27. The summed E-state index contributed by atoms with van der Waals surface area (Å²) < 4.78 is 27.8. The van der Waals surface area contributed by atoms with E-state index in [1.165, 1.54) is 23.5 Å². The van der Waals surface area contributed by atoms with Gasteiger partial charge in [0.2, 0.25) is 11.8 Å². The van der Waals surface area contributed by atoms with Crippen molar-refractivity contribution in [3.05, 3.63) is 52.0 Å². The fourth-order valence-corrected chi connectivity index (χ4v) is 4.43. The van der Waals surface area contributed by atoms with E-state index in [2.05, 4.69) is 15.6 Å². The molecule has 3 aromatic rings. The number of hydrogen-bond donors (Lipinski definition) is 2. The number of amides is 2. The Morgan fingerprint density at radius 2 is 1.81 bits per heavy atom. The molecular formula is C21H15ClF2N4O2S. The van der Waals surface area contributed by atoms with Gasteiger partial charge in [0.05, 0.1) is 28.8 Å². The van der Waals surface area contributed by atoms with Gasteiger partial charge in [-0.2, -0.15) is 5.26 Å². The molecule has 1 aromatic heterocycles. The number of hydrogen-bond acceptors (Lipinski definition) is 5. The van der Waals surface area contributed by atoms with Crippen molar-refractivity contribution in [2.45, 2.75) is 24.8 Å². The van der Waals surface area contributed by atoms with Crippen molar-refractivity contribution in [3.8, 4) is 17.2 Å². The maximum atomic E-state index is 13.5. The predicted molar refractivity (Wildman–Crippen MR) is 112 cm³/mol. The van der Waals surface area contributed by atoms with Crippen molar-refractivity contribution in [3.63, 3.8) is 0 Å². The molecule has 0 atom stereocenters. The topological polar surface area (TPSA) is 94.9 Å². The third kappa shape index (κ3) is 4.81. The van der Waals surface area contributed by atoms with Crippen molar-refractivity contribution in [1.29, 1.82) is 5.26 Å². The molecule has 1 saturated carbocycles. The molecule has 0 radical (unpaired) electrons. The molecule has 0 spiro atoms. The summed E-state index contributed by atoms with van der Waals surface area (Å²) in [6, 6.07) is 8.52. The van der Waals surface area contributed by atoms with Gasteiger partial charge in [0.15, 0.2) is 0 Å². The fourth-order valence-electron chi connectivity index (χ4n) is 3.08. The van der Waals surface area contributed by atoms with E-state index in [1.54, 1.807) is 12.1 Å². The quantitative estimate of drug-likeness (QED) is 0.586. The third-order valence-corrected chi connectivity index (χ3v) is 6.08. The summed E-state index contributed by atoms with van der Waals surface area (Å²) in [5.41, 5.74) is 0.565. The van der Waals surface area contributed by atoms with Crippen LogP contribution in [0.4, 0.5) is 8.78 Å². The zero-order valence-corrected chi connectivity index (χ0v) is 17.5. The molecule has 4 rings (SSSR count). The lowest BCUT2D eigenvalue weighted by Gasteiger charge is -2.09. The molecule has 1 aliphatic carbocycles. The normalized spacial score (nSPS) is 14.1. The zero-order chi connectivity index (χ0) is 22.2. The predicted octanol–water partition coefficient (Wildman–Crippen LogP) is 3.73. The molecule has 2 aromatic carbocycles. The Hall–Kier alpha value is -3.09. The highest BCUT2D eigenvalue weighted by Gasteiger charge is 2.44. The first kappa shape index (κ1) is 21.2. The Labute approximate surface area is 184 Å². The average molecular weight is 461 g/mol. The molecule has 158 valence electrons. The maximum absolute atomic E-state index is 13.5. The van der Waals surface area contributed by atoms with E-state index in [1.807, 2.05) is 6.07 Å². The molecule has 0 aliphatic heterocycles. The van der Waals surface area contributed by atoms with Crippen LogP contribution in [0.25, 0.3) is 21.3 Å². The number of fused-ring (bicyclic) bond motifs is 1. The van der Waals surface area contributed by atoms with E-state index in [0.29, 0.717) is 44.2 Å². The van der Waals surface area contributed by atoms with E-state index in [4.69, 9.17) is 16.9 Å². The average Bonchev–Trinajstić information content (AvgIpc) is 3.35. The Kier molecular flexibility index (Phi) is 5.60. The molecule has 2 amide bonds. The van der Waals surface area contributed by atoms with Crippen LogP contribution < -0.4 is 10.6 Å². The van der Waals surface area contributed by atoms with Gasteiger partial charge in [0, 0.05) is 6.07 Å². The second-order valence-corrected chi connectivity index (χ2v) is 8.79. The van der Waals surface area contributed by atoms with Crippen LogP contribution in [0.2, 0.25) is 5.02 Å². The summed E-state index contributed by atoms with van der Waals surface area (Å²) in [4.78, 5) is 28.4. The number of aromatic nitrogens is 1. The molecular weight excluding hydrogens is 446 g/mol. The van der Waals surface area contributed by atoms with Crippen molar-refractivity contribution < 1.29 is 18.4 Å². The number of nitriles is 1. The minimum absolute atomic E-state index is 0.0593. The van der Waals surface area contributed by atoms with E-state index < -0.39 is 29.0 Å². The van der Waals surface area contributed by atoms with Gasteiger partial charge >= 0.3 is 0 Å². The summed E-state index contributed by atoms with van der Waals surface area (Å²) in [5.74, 6) is -2.22. The van der Waals surface area contributed by atoms with Crippen LogP contribution >= 0.6 is 22.9 Å². The van der Waals surface area contributed by atoms with E-state index >= 15 is 0 Å². The number of nitrogens with one attached hydrogen (secondary N) is 2. The Morgan fingerprint density at radius 3 is 2.45 bits per heavy atom. The van der Waals surface area contributed by atoms with Gasteiger partial charge in [-0.3, -0.25) is 9.59 Å². The lowest BCUT2D eigenvalue weighted by Crippen LogP contribution is -2.43. The van der Waals surface area contributed by atoms with Crippen LogP contribution in [0.5, 0.6) is 0 Å². The van der Waals surface area contributed by atoms with Crippen LogP contribution in [0, 0.1) is 23.0 Å². The zero-order valence-electron chi connectivity index (χ0n) is 16.0. The number of carbonyl (C=O) groups is 2. The van der Waals surface area contributed by atoms with Gasteiger partial charge in [-0.25, -0.2) is 13.8 Å². The summed E-state index contributed by atoms with van der Waals surface area (Å²) in [5, 5.41) is 14.9. The van der Waals surface area contributed by atoms with Crippen LogP contribution in [0.3, 0.4) is 0 Å². The van der Waals surface area contributed by atoms with Crippen LogP contribution in [0.15, 0.2) is 30.3 Å². The Morgan fingerprint density at radius 1 is 1.13 bits per heavy atom. The van der Waals surface area contributed by atoms with Gasteiger partial charge in [-0.1, -0.05) is 11.6 Å². The number of benzene rings is 2. The monoisotopic (exact) mass is 460 g/mol. The highest BCUT2D eigenvalue weighted by Crippen LogP contribution is 2.35. The first-order valence-electron chi connectivity index (χ1n) is 9.31. The Balaban J connectivity index is 1.45. The first-order chi connectivity index (χ1) is 14.8. The van der Waals surface area contributed by atoms with Crippen LogP contribution in [-0.2, 0) is 16.0 Å². The lowest BCUT2D eigenvalue weighted by atomic mass is 10.1. The van der Waals surface area contributed by atoms with Gasteiger partial charge in [-0.15, -0.1) is 11.3 Å². The summed E-state index contributed by atoms with van der Waals surface area (Å²) >= 11 is 7.53. The van der Waals surface area contributed by atoms with Gasteiger partial charge < -0.3 is 10.6 Å². The largest absolute Gasteiger partial charge is 0.347 e. The molecule has 31 heavy (non-hydrogen) atoms. The van der Waals surface area contributed by atoms with Crippen LogP contribution in [0.1, 0.15) is 17.8 Å². The molecule has 2 N–H and O–H groups in total. The first-order valence-corrected chi connectivity index (χ1v) is 10.5. The molecule has 0 unspecified atom stereocenters. The second kappa shape index (κ2) is 8.21.